The minimum absolute atomic E-state index is 0. The first-order valence-electron chi connectivity index (χ1n) is 2.55. The molecule has 0 unspecified atom stereocenters. The van der Waals surface area contributed by atoms with Crippen molar-refractivity contribution in [3.63, 3.8) is 0 Å². The Morgan fingerprint density at radius 1 is 1.70 bits per heavy atom. The molecule has 1 N–H and O–H groups in total. The minimum Gasteiger partial charge on any atom is -0.363 e. The first kappa shape index (κ1) is 10.5. The molecule has 0 aromatic carbocycles. The number of nitrogens with zero attached hydrogens (tertiary/aromatic N) is 1. The predicted molar refractivity (Wildman–Crippen MR) is 36.7 cm³/mol. The molecular formula is C7H7N2Rb. The van der Waals surface area contributed by atoms with E-state index in [0.717, 1.165) is 10.7 Å². The maximum absolute atomic E-state index is 3.93. The Bertz CT molecular complexity index is 300. The number of imidazole rings is 1. The second kappa shape index (κ2) is 5.19. The van der Waals surface area contributed by atoms with Gasteiger partial charge >= 0.3 is 58.2 Å². The van der Waals surface area contributed by atoms with Crippen LogP contribution in [0, 0.1) is 6.08 Å². The van der Waals surface area contributed by atoms with Crippen LogP contribution in [0.2, 0.25) is 0 Å². The Morgan fingerprint density at radius 2 is 2.40 bits per heavy atom. The van der Waals surface area contributed by atoms with Crippen LogP contribution in [0.25, 0.3) is 12.7 Å². The third kappa shape index (κ3) is 2.62. The van der Waals surface area contributed by atoms with Crippen LogP contribution in [-0.4, -0.2) is 9.97 Å². The summed E-state index contributed by atoms with van der Waals surface area (Å²) >= 11 is 0. The van der Waals surface area contributed by atoms with Gasteiger partial charge in [-0.25, -0.2) is 6.08 Å². The largest absolute Gasteiger partial charge is 1.00 e. The average molecular weight is 205 g/mol. The summed E-state index contributed by atoms with van der Waals surface area (Å²) in [6.45, 7) is 7.10. The van der Waals surface area contributed by atoms with Crippen molar-refractivity contribution in [3.8, 4) is 0 Å². The summed E-state index contributed by atoms with van der Waals surface area (Å²) in [6, 6.07) is 0. The van der Waals surface area contributed by atoms with Crippen LogP contribution in [0.4, 0.5) is 0 Å². The average Bonchev–Trinajstić information content (AvgIpc) is 2.18. The molecule has 0 bridgehead atoms. The normalized spacial score (nSPS) is 10.6. The van der Waals surface area contributed by atoms with E-state index in [2.05, 4.69) is 29.2 Å². The number of allylic oxidation sites excluding steroid dienone is 1. The second-order valence-electron chi connectivity index (χ2n) is 1.61. The van der Waals surface area contributed by atoms with Crippen molar-refractivity contribution in [2.45, 2.75) is 0 Å². The number of aromatic amines is 1. The van der Waals surface area contributed by atoms with Gasteiger partial charge in [0, 0.05) is 0 Å². The zero-order valence-corrected chi connectivity index (χ0v) is 10.9. The van der Waals surface area contributed by atoms with Crippen molar-refractivity contribution >= 4 is 12.7 Å². The van der Waals surface area contributed by atoms with Crippen molar-refractivity contribution in [3.05, 3.63) is 29.7 Å². The third-order valence-electron chi connectivity index (χ3n) is 0.990. The van der Waals surface area contributed by atoms with Gasteiger partial charge in [0.2, 0.25) is 0 Å². The van der Waals surface area contributed by atoms with Crippen LogP contribution in [0.5, 0.6) is 0 Å². The Morgan fingerprint density at radius 3 is 2.80 bits per heavy atom. The molecule has 0 fully saturated rings. The molecule has 1 heterocycles. The van der Waals surface area contributed by atoms with Gasteiger partial charge in [0.05, 0.1) is 6.33 Å². The Balaban J connectivity index is 0.000000810. The second-order valence-corrected chi connectivity index (χ2v) is 1.61. The molecule has 0 aliphatic rings. The quantitative estimate of drug-likeness (QED) is 0.475. The van der Waals surface area contributed by atoms with Gasteiger partial charge in [0.1, 0.15) is 0 Å². The fourth-order valence-electron chi connectivity index (χ4n) is 0.553. The van der Waals surface area contributed by atoms with Crippen LogP contribution in [0.1, 0.15) is 0 Å². The van der Waals surface area contributed by atoms with E-state index in [9.17, 15) is 0 Å². The van der Waals surface area contributed by atoms with E-state index >= 15 is 0 Å². The monoisotopic (exact) mass is 204 g/mol. The minimum atomic E-state index is 0. The molecule has 10 heavy (non-hydrogen) atoms. The van der Waals surface area contributed by atoms with E-state index in [1.165, 1.54) is 0 Å². The van der Waals surface area contributed by atoms with Gasteiger partial charge in [-0.1, -0.05) is 11.9 Å². The van der Waals surface area contributed by atoms with Gasteiger partial charge < -0.3 is 9.97 Å². The SMILES string of the molecule is C=[C-]/C=c1/nc[nH]c1=C.[Rb+]. The molecule has 46 valence electrons. The van der Waals surface area contributed by atoms with E-state index in [-0.39, 0.29) is 58.2 Å². The summed E-state index contributed by atoms with van der Waals surface area (Å²) < 4.78 is 0. The number of hydrogen-bond acceptors (Lipinski definition) is 1. The molecule has 0 radical (unpaired) electrons. The van der Waals surface area contributed by atoms with Crippen molar-refractivity contribution in [2.75, 3.05) is 0 Å². The third-order valence-corrected chi connectivity index (χ3v) is 0.990. The summed E-state index contributed by atoms with van der Waals surface area (Å²) in [4.78, 5) is 6.76. The summed E-state index contributed by atoms with van der Waals surface area (Å²) in [5.74, 6) is 0. The van der Waals surface area contributed by atoms with Gasteiger partial charge in [-0.3, -0.25) is 6.08 Å². The molecule has 0 aliphatic heterocycles. The van der Waals surface area contributed by atoms with Crippen LogP contribution >= 0.6 is 0 Å². The van der Waals surface area contributed by atoms with Gasteiger partial charge in [-0.15, -0.1) is 0 Å². The van der Waals surface area contributed by atoms with Crippen LogP contribution in [0.15, 0.2) is 12.9 Å². The Kier molecular flexibility index (Phi) is 5.44. The summed E-state index contributed by atoms with van der Waals surface area (Å²) in [6.07, 6.45) is 5.88. The predicted octanol–water partition coefficient (Wildman–Crippen LogP) is -3.41. The topological polar surface area (TPSA) is 28.7 Å². The van der Waals surface area contributed by atoms with Crippen LogP contribution in [-0.2, 0) is 0 Å². The first-order valence-corrected chi connectivity index (χ1v) is 2.55. The molecule has 0 amide bonds. The summed E-state index contributed by atoms with van der Waals surface area (Å²) in [5, 5.41) is 1.59. The molecule has 0 spiro atoms. The van der Waals surface area contributed by atoms with Crippen LogP contribution in [0.3, 0.4) is 0 Å². The van der Waals surface area contributed by atoms with E-state index in [1.54, 1.807) is 12.4 Å². The van der Waals surface area contributed by atoms with E-state index < -0.39 is 0 Å². The fraction of sp³-hybridized carbons (Fsp3) is 0. The molecule has 1 aromatic heterocycles. The smallest absolute Gasteiger partial charge is 0.363 e. The van der Waals surface area contributed by atoms with Gasteiger partial charge in [-0.2, -0.15) is 6.58 Å². The van der Waals surface area contributed by atoms with Crippen molar-refractivity contribution in [2.24, 2.45) is 0 Å². The molecule has 3 heteroatoms. The molecule has 0 saturated carbocycles. The zero-order chi connectivity index (χ0) is 6.69. The molecule has 0 atom stereocenters. The molecule has 1 aromatic rings. The van der Waals surface area contributed by atoms with Gasteiger partial charge in [0.15, 0.2) is 0 Å². The van der Waals surface area contributed by atoms with Crippen molar-refractivity contribution < 1.29 is 58.2 Å². The number of nitrogens with one attached hydrogen (secondary N) is 1. The van der Waals surface area contributed by atoms with Crippen LogP contribution < -0.4 is 68.9 Å². The van der Waals surface area contributed by atoms with E-state index in [0.29, 0.717) is 0 Å². The molecular weight excluding hydrogens is 198 g/mol. The maximum Gasteiger partial charge on any atom is 1.00 e. The molecule has 0 saturated heterocycles. The zero-order valence-electron chi connectivity index (χ0n) is 6.02. The first-order chi connectivity index (χ1) is 4.34. The van der Waals surface area contributed by atoms with E-state index in [4.69, 9.17) is 0 Å². The Hall–Kier alpha value is 0.495. The fourth-order valence-corrected chi connectivity index (χ4v) is 0.553. The number of H-pyrrole nitrogens is 1. The molecule has 1 rings (SSSR count). The number of hydrogen-bond donors (Lipinski definition) is 1. The molecule has 0 aliphatic carbocycles. The van der Waals surface area contributed by atoms with Crippen molar-refractivity contribution in [1.29, 1.82) is 0 Å². The standard InChI is InChI=1S/C7H7N2.Rb/c1-3-4-7-6(2)8-5-9-7;/h4-5H,1-2H2,(H,8,9);/q-1;+1/b7-4+;. The molecule has 2 nitrogen and oxygen atoms in total. The van der Waals surface area contributed by atoms with Gasteiger partial charge in [0.25, 0.3) is 0 Å². The maximum atomic E-state index is 3.93. The number of rotatable bonds is 1. The van der Waals surface area contributed by atoms with E-state index in [1.807, 2.05) is 0 Å². The van der Waals surface area contributed by atoms with Crippen molar-refractivity contribution in [1.82, 2.24) is 9.97 Å². The number of aromatic nitrogens is 2. The van der Waals surface area contributed by atoms with Gasteiger partial charge in [-0.05, 0) is 5.35 Å². The summed E-state index contributed by atoms with van der Waals surface area (Å²) in [5.41, 5.74) is 0. The Labute approximate surface area is 109 Å². The summed E-state index contributed by atoms with van der Waals surface area (Å²) in [7, 11) is 0.